The summed E-state index contributed by atoms with van der Waals surface area (Å²) >= 11 is 0. The average Bonchev–Trinajstić information content (AvgIpc) is 2.46. The molecule has 0 aliphatic carbocycles. The van der Waals surface area contributed by atoms with Gasteiger partial charge in [-0.25, -0.2) is 4.98 Å². The van der Waals surface area contributed by atoms with E-state index in [-0.39, 0.29) is 29.9 Å². The van der Waals surface area contributed by atoms with Crippen molar-refractivity contribution in [3.63, 3.8) is 0 Å². The fraction of sp³-hybridized carbons (Fsp3) is 0.538. The third kappa shape index (κ3) is 8.90. The van der Waals surface area contributed by atoms with E-state index in [1.165, 1.54) is 12.3 Å². The Labute approximate surface area is 144 Å². The number of pyridine rings is 1. The quantitative estimate of drug-likeness (QED) is 0.413. The van der Waals surface area contributed by atoms with Gasteiger partial charge in [0.2, 0.25) is 5.88 Å². The average molecular weight is 432 g/mol. The summed E-state index contributed by atoms with van der Waals surface area (Å²) in [6.45, 7) is 1.98. The van der Waals surface area contributed by atoms with Crippen LogP contribution in [0.15, 0.2) is 23.3 Å². The van der Waals surface area contributed by atoms with Crippen molar-refractivity contribution in [2.24, 2.45) is 4.99 Å². The van der Waals surface area contributed by atoms with E-state index in [1.54, 1.807) is 13.1 Å². The minimum Gasteiger partial charge on any atom is -0.468 e. The smallest absolute Gasteiger partial charge is 0.422 e. The van der Waals surface area contributed by atoms with Crippen LogP contribution in [0.25, 0.3) is 0 Å². The van der Waals surface area contributed by atoms with Crippen LogP contribution in [0.3, 0.4) is 0 Å². The molecule has 1 heterocycles. The van der Waals surface area contributed by atoms with Crippen molar-refractivity contribution in [1.82, 2.24) is 15.6 Å². The molecule has 0 amide bonds. The Hall–Kier alpha value is -1.26. The molecule has 1 aromatic heterocycles. The lowest BCUT2D eigenvalue weighted by molar-refractivity contribution is -0.154. The highest BCUT2D eigenvalue weighted by molar-refractivity contribution is 14.0. The number of nitrogens with one attached hydrogen (secondary N) is 2. The van der Waals surface area contributed by atoms with E-state index >= 15 is 0 Å². The van der Waals surface area contributed by atoms with E-state index < -0.39 is 12.8 Å². The number of guanidine groups is 1. The van der Waals surface area contributed by atoms with Crippen LogP contribution in [-0.2, 0) is 6.54 Å². The molecule has 0 unspecified atom stereocenters. The van der Waals surface area contributed by atoms with Gasteiger partial charge in [-0.15, -0.1) is 24.0 Å². The predicted molar refractivity (Wildman–Crippen MR) is 89.7 cm³/mol. The van der Waals surface area contributed by atoms with Crippen molar-refractivity contribution in [3.8, 4) is 5.88 Å². The van der Waals surface area contributed by atoms with Crippen molar-refractivity contribution in [2.45, 2.75) is 26.1 Å². The Morgan fingerprint density at radius 1 is 1.32 bits per heavy atom. The summed E-state index contributed by atoms with van der Waals surface area (Å²) in [7, 11) is 1.66. The minimum atomic E-state index is -4.36. The van der Waals surface area contributed by atoms with Gasteiger partial charge in [-0.05, 0) is 12.0 Å². The van der Waals surface area contributed by atoms with Crippen LogP contribution in [0.5, 0.6) is 5.88 Å². The van der Waals surface area contributed by atoms with Gasteiger partial charge in [0.1, 0.15) is 0 Å². The van der Waals surface area contributed by atoms with Gasteiger partial charge in [0.05, 0.1) is 0 Å². The lowest BCUT2D eigenvalue weighted by Crippen LogP contribution is -2.37. The molecular weight excluding hydrogens is 412 g/mol. The zero-order chi connectivity index (χ0) is 15.7. The summed E-state index contributed by atoms with van der Waals surface area (Å²) in [6, 6.07) is 3.06. The number of rotatable bonds is 6. The molecule has 0 fully saturated rings. The highest BCUT2D eigenvalue weighted by Crippen LogP contribution is 2.16. The number of alkyl halides is 3. The Morgan fingerprint density at radius 3 is 2.55 bits per heavy atom. The molecule has 0 saturated carbocycles. The Balaban J connectivity index is 0.00000441. The molecule has 0 bridgehead atoms. The molecule has 9 heteroatoms. The largest absolute Gasteiger partial charge is 0.468 e. The van der Waals surface area contributed by atoms with E-state index in [0.29, 0.717) is 12.5 Å². The summed E-state index contributed by atoms with van der Waals surface area (Å²) in [5, 5.41) is 6.18. The van der Waals surface area contributed by atoms with Gasteiger partial charge in [-0.3, -0.25) is 4.99 Å². The molecule has 0 aliphatic heterocycles. The maximum Gasteiger partial charge on any atom is 0.422 e. The summed E-state index contributed by atoms with van der Waals surface area (Å²) in [5.74, 6) is 0.610. The number of aromatic nitrogens is 1. The third-order valence-electron chi connectivity index (χ3n) is 2.41. The summed E-state index contributed by atoms with van der Waals surface area (Å²) in [4.78, 5) is 7.86. The topological polar surface area (TPSA) is 58.5 Å². The highest BCUT2D eigenvalue weighted by atomic mass is 127. The molecule has 0 atom stereocenters. The fourth-order valence-corrected chi connectivity index (χ4v) is 1.41. The van der Waals surface area contributed by atoms with Crippen molar-refractivity contribution < 1.29 is 17.9 Å². The van der Waals surface area contributed by atoms with Gasteiger partial charge >= 0.3 is 6.18 Å². The summed E-state index contributed by atoms with van der Waals surface area (Å²) < 4.78 is 40.5. The molecule has 0 aliphatic rings. The maximum atomic E-state index is 12.0. The van der Waals surface area contributed by atoms with E-state index in [1.807, 2.05) is 6.92 Å². The molecule has 0 saturated heterocycles. The normalized spacial score (nSPS) is 11.6. The van der Waals surface area contributed by atoms with Crippen LogP contribution >= 0.6 is 24.0 Å². The van der Waals surface area contributed by atoms with E-state index in [4.69, 9.17) is 0 Å². The van der Waals surface area contributed by atoms with Crippen LogP contribution < -0.4 is 15.4 Å². The standard InChI is InChI=1S/C13H19F3N4O.HI/c1-3-6-18-12(17-2)20-8-10-4-5-11(19-7-10)21-9-13(14,15)16;/h4-5,7H,3,6,8-9H2,1-2H3,(H2,17,18,20);1H. The second-order valence-electron chi connectivity index (χ2n) is 4.26. The van der Waals surface area contributed by atoms with Gasteiger partial charge in [0.25, 0.3) is 0 Å². The molecule has 0 aromatic carbocycles. The first-order chi connectivity index (χ1) is 9.94. The van der Waals surface area contributed by atoms with Crippen molar-refractivity contribution in [3.05, 3.63) is 23.9 Å². The first-order valence-electron chi connectivity index (χ1n) is 6.53. The second-order valence-corrected chi connectivity index (χ2v) is 4.26. The van der Waals surface area contributed by atoms with Gasteiger partial charge in [-0.2, -0.15) is 13.2 Å². The van der Waals surface area contributed by atoms with E-state index in [9.17, 15) is 13.2 Å². The number of halogens is 4. The summed E-state index contributed by atoms with van der Waals surface area (Å²) in [6.07, 6.45) is -1.92. The van der Waals surface area contributed by atoms with Crippen LogP contribution in [-0.4, -0.2) is 37.3 Å². The molecule has 1 rings (SSSR count). The number of aliphatic imine (C=N–C) groups is 1. The predicted octanol–water partition coefficient (Wildman–Crippen LogP) is 2.72. The molecule has 126 valence electrons. The van der Waals surface area contributed by atoms with Gasteiger partial charge in [-0.1, -0.05) is 13.0 Å². The molecule has 0 spiro atoms. The molecule has 2 N–H and O–H groups in total. The first kappa shape index (κ1) is 20.7. The monoisotopic (exact) mass is 432 g/mol. The van der Waals surface area contributed by atoms with Crippen molar-refractivity contribution in [2.75, 3.05) is 20.2 Å². The second kappa shape index (κ2) is 10.5. The Bertz CT molecular complexity index is 452. The molecule has 0 radical (unpaired) electrons. The fourth-order valence-electron chi connectivity index (χ4n) is 1.41. The van der Waals surface area contributed by atoms with E-state index in [2.05, 4.69) is 25.3 Å². The van der Waals surface area contributed by atoms with Crippen LogP contribution in [0, 0.1) is 0 Å². The minimum absolute atomic E-state index is 0. The maximum absolute atomic E-state index is 12.0. The van der Waals surface area contributed by atoms with Gasteiger partial charge < -0.3 is 15.4 Å². The number of nitrogens with zero attached hydrogens (tertiary/aromatic N) is 2. The zero-order valence-corrected chi connectivity index (χ0v) is 14.7. The Kier molecular flexibility index (Phi) is 9.86. The van der Waals surface area contributed by atoms with Gasteiger partial charge in [0, 0.05) is 32.4 Å². The first-order valence-corrected chi connectivity index (χ1v) is 6.53. The summed E-state index contributed by atoms with van der Waals surface area (Å²) in [5.41, 5.74) is 0.814. The SMILES string of the molecule is CCCNC(=NC)NCc1ccc(OCC(F)(F)F)nc1.I. The van der Waals surface area contributed by atoms with Crippen molar-refractivity contribution in [1.29, 1.82) is 0 Å². The molecule has 1 aromatic rings. The van der Waals surface area contributed by atoms with Crippen LogP contribution in [0.4, 0.5) is 13.2 Å². The Morgan fingerprint density at radius 2 is 2.05 bits per heavy atom. The number of hydrogen-bond donors (Lipinski definition) is 2. The number of ether oxygens (including phenoxy) is 1. The zero-order valence-electron chi connectivity index (χ0n) is 12.4. The van der Waals surface area contributed by atoms with Gasteiger partial charge in [0.15, 0.2) is 12.6 Å². The molecule has 22 heavy (non-hydrogen) atoms. The molecule has 5 nitrogen and oxygen atoms in total. The van der Waals surface area contributed by atoms with Crippen LogP contribution in [0.1, 0.15) is 18.9 Å². The van der Waals surface area contributed by atoms with E-state index in [0.717, 1.165) is 18.5 Å². The highest BCUT2D eigenvalue weighted by Gasteiger charge is 2.28. The number of hydrogen-bond acceptors (Lipinski definition) is 3. The lowest BCUT2D eigenvalue weighted by atomic mass is 10.3. The van der Waals surface area contributed by atoms with Crippen LogP contribution in [0.2, 0.25) is 0 Å². The molecular formula is C13H20F3IN4O. The lowest BCUT2D eigenvalue weighted by Gasteiger charge is -2.11. The third-order valence-corrected chi connectivity index (χ3v) is 2.41. The van der Waals surface area contributed by atoms with Crippen molar-refractivity contribution >= 4 is 29.9 Å².